The first-order valence-electron chi connectivity index (χ1n) is 5.43. The Morgan fingerprint density at radius 3 is 2.94 bits per heavy atom. The fourth-order valence-electron chi connectivity index (χ4n) is 2.29. The van der Waals surface area contributed by atoms with E-state index in [1.807, 2.05) is 11.8 Å². The first kappa shape index (κ1) is 9.74. The average molecular weight is 225 g/mol. The standard InChI is InChI=1S/C14H11NS/c15-8-10-7-12-6-5-11-3-1-2-4-13(11)14(12)16-9-10/h1-4,7H,5-6,9H2. The van der Waals surface area contributed by atoms with Crippen molar-refractivity contribution in [1.82, 2.24) is 0 Å². The second kappa shape index (κ2) is 3.84. The van der Waals surface area contributed by atoms with E-state index in [1.165, 1.54) is 21.6 Å². The summed E-state index contributed by atoms with van der Waals surface area (Å²) in [6, 6.07) is 10.9. The predicted octanol–water partition coefficient (Wildman–Crippen LogP) is 3.54. The Kier molecular flexibility index (Phi) is 2.34. The second-order valence-electron chi connectivity index (χ2n) is 4.08. The van der Waals surface area contributed by atoms with Crippen LogP contribution in [0.2, 0.25) is 0 Å². The van der Waals surface area contributed by atoms with Crippen LogP contribution in [0.15, 0.2) is 41.5 Å². The highest BCUT2D eigenvalue weighted by Crippen LogP contribution is 2.42. The Morgan fingerprint density at radius 2 is 2.06 bits per heavy atom. The molecule has 2 heteroatoms. The summed E-state index contributed by atoms with van der Waals surface area (Å²) >= 11 is 1.81. The summed E-state index contributed by atoms with van der Waals surface area (Å²) in [6.07, 6.45) is 4.26. The zero-order chi connectivity index (χ0) is 11.0. The molecule has 0 fully saturated rings. The van der Waals surface area contributed by atoms with Crippen LogP contribution in [-0.2, 0) is 6.42 Å². The van der Waals surface area contributed by atoms with E-state index in [1.54, 1.807) is 0 Å². The molecule has 0 atom stereocenters. The number of hydrogen-bond donors (Lipinski definition) is 0. The molecule has 78 valence electrons. The lowest BCUT2D eigenvalue weighted by Gasteiger charge is -2.24. The van der Waals surface area contributed by atoms with Gasteiger partial charge >= 0.3 is 0 Å². The van der Waals surface area contributed by atoms with Gasteiger partial charge in [0.05, 0.1) is 6.07 Å². The Labute approximate surface area is 99.5 Å². The van der Waals surface area contributed by atoms with Crippen molar-refractivity contribution in [3.05, 3.63) is 52.6 Å². The van der Waals surface area contributed by atoms with Gasteiger partial charge in [0, 0.05) is 16.2 Å². The molecule has 0 aromatic heterocycles. The van der Waals surface area contributed by atoms with Gasteiger partial charge in [-0.25, -0.2) is 0 Å². The van der Waals surface area contributed by atoms with E-state index in [2.05, 4.69) is 36.4 Å². The topological polar surface area (TPSA) is 23.8 Å². The van der Waals surface area contributed by atoms with E-state index in [0.29, 0.717) is 0 Å². The van der Waals surface area contributed by atoms with Crippen LogP contribution in [0.5, 0.6) is 0 Å². The summed E-state index contributed by atoms with van der Waals surface area (Å²) < 4.78 is 0. The number of nitriles is 1. The number of rotatable bonds is 0. The van der Waals surface area contributed by atoms with Gasteiger partial charge in [-0.2, -0.15) is 5.26 Å². The summed E-state index contributed by atoms with van der Waals surface area (Å²) in [5.41, 5.74) is 5.08. The van der Waals surface area contributed by atoms with Gasteiger partial charge in [0.25, 0.3) is 0 Å². The van der Waals surface area contributed by atoms with E-state index < -0.39 is 0 Å². The van der Waals surface area contributed by atoms with Gasteiger partial charge in [-0.1, -0.05) is 24.3 Å². The van der Waals surface area contributed by atoms with Crippen molar-refractivity contribution in [2.24, 2.45) is 0 Å². The zero-order valence-corrected chi connectivity index (χ0v) is 9.68. The highest BCUT2D eigenvalue weighted by atomic mass is 32.2. The van der Waals surface area contributed by atoms with Gasteiger partial charge in [-0.3, -0.25) is 0 Å². The van der Waals surface area contributed by atoms with E-state index in [-0.39, 0.29) is 0 Å². The van der Waals surface area contributed by atoms with Crippen molar-refractivity contribution in [2.75, 3.05) is 5.75 Å². The van der Waals surface area contributed by atoms with Gasteiger partial charge in [-0.15, -0.1) is 11.8 Å². The number of fused-ring (bicyclic) bond motifs is 2. The van der Waals surface area contributed by atoms with Gasteiger partial charge < -0.3 is 0 Å². The third-order valence-electron chi connectivity index (χ3n) is 3.08. The van der Waals surface area contributed by atoms with Gasteiger partial charge in [0.2, 0.25) is 0 Å². The van der Waals surface area contributed by atoms with E-state index in [0.717, 1.165) is 24.2 Å². The molecule has 0 spiro atoms. The SMILES string of the molecule is N#CC1=CC2=C(SC1)c1ccccc1CC2. The molecule has 0 unspecified atom stereocenters. The summed E-state index contributed by atoms with van der Waals surface area (Å²) in [7, 11) is 0. The molecule has 1 aliphatic heterocycles. The number of benzene rings is 1. The van der Waals surface area contributed by atoms with Gasteiger partial charge in [-0.05, 0) is 35.6 Å². The third kappa shape index (κ3) is 1.48. The van der Waals surface area contributed by atoms with Crippen LogP contribution < -0.4 is 0 Å². The van der Waals surface area contributed by atoms with Crippen LogP contribution in [0, 0.1) is 11.3 Å². The first-order chi connectivity index (χ1) is 7.88. The van der Waals surface area contributed by atoms with E-state index in [9.17, 15) is 0 Å². The molecule has 0 bridgehead atoms. The second-order valence-corrected chi connectivity index (χ2v) is 5.07. The minimum Gasteiger partial charge on any atom is -0.193 e. The molecule has 0 saturated carbocycles. The Bertz CT molecular complexity index is 546. The van der Waals surface area contributed by atoms with Crippen molar-refractivity contribution < 1.29 is 0 Å². The molecule has 1 heterocycles. The van der Waals surface area contributed by atoms with Crippen molar-refractivity contribution in [2.45, 2.75) is 12.8 Å². The molecule has 3 rings (SSSR count). The lowest BCUT2D eigenvalue weighted by atomic mass is 9.91. The number of nitrogens with zero attached hydrogens (tertiary/aromatic N) is 1. The molecule has 1 aromatic carbocycles. The third-order valence-corrected chi connectivity index (χ3v) is 4.31. The van der Waals surface area contributed by atoms with Crippen LogP contribution in [0.4, 0.5) is 0 Å². The van der Waals surface area contributed by atoms with Gasteiger partial charge in [0.15, 0.2) is 0 Å². The van der Waals surface area contributed by atoms with Crippen LogP contribution in [-0.4, -0.2) is 5.75 Å². The van der Waals surface area contributed by atoms with Crippen molar-refractivity contribution in [3.63, 3.8) is 0 Å². The summed E-state index contributed by atoms with van der Waals surface area (Å²) in [6.45, 7) is 0. The maximum atomic E-state index is 8.92. The smallest absolute Gasteiger partial charge is 0.0956 e. The number of thioether (sulfide) groups is 1. The minimum atomic E-state index is 0.823. The van der Waals surface area contributed by atoms with Crippen molar-refractivity contribution in [3.8, 4) is 6.07 Å². The number of aryl methyl sites for hydroxylation is 1. The molecule has 0 amide bonds. The van der Waals surface area contributed by atoms with Gasteiger partial charge in [0.1, 0.15) is 0 Å². The molecule has 2 aliphatic rings. The number of allylic oxidation sites excluding steroid dienone is 2. The van der Waals surface area contributed by atoms with E-state index in [4.69, 9.17) is 5.26 Å². The largest absolute Gasteiger partial charge is 0.193 e. The number of hydrogen-bond acceptors (Lipinski definition) is 2. The zero-order valence-electron chi connectivity index (χ0n) is 8.86. The Balaban J connectivity index is 2.13. The highest BCUT2D eigenvalue weighted by Gasteiger charge is 2.21. The lowest BCUT2D eigenvalue weighted by Crippen LogP contribution is -2.06. The molecular formula is C14H11NS. The van der Waals surface area contributed by atoms with Crippen molar-refractivity contribution in [1.29, 1.82) is 5.26 Å². The quantitative estimate of drug-likeness (QED) is 0.674. The monoisotopic (exact) mass is 225 g/mol. The van der Waals surface area contributed by atoms with Crippen LogP contribution in [0.3, 0.4) is 0 Å². The predicted molar refractivity (Wildman–Crippen MR) is 67.8 cm³/mol. The molecule has 1 aliphatic carbocycles. The molecule has 0 radical (unpaired) electrons. The van der Waals surface area contributed by atoms with Crippen LogP contribution in [0.25, 0.3) is 4.91 Å². The molecule has 16 heavy (non-hydrogen) atoms. The Hall–Kier alpha value is -1.46. The first-order valence-corrected chi connectivity index (χ1v) is 6.42. The fourth-order valence-corrected chi connectivity index (χ4v) is 3.44. The van der Waals surface area contributed by atoms with Crippen LogP contribution >= 0.6 is 11.8 Å². The maximum Gasteiger partial charge on any atom is 0.0956 e. The lowest BCUT2D eigenvalue weighted by molar-refractivity contribution is 0.945. The molecule has 1 aromatic rings. The minimum absolute atomic E-state index is 0.823. The average Bonchev–Trinajstić information content (AvgIpc) is 2.38. The summed E-state index contributed by atoms with van der Waals surface area (Å²) in [5.74, 6) is 0.823. The van der Waals surface area contributed by atoms with Crippen molar-refractivity contribution >= 4 is 16.7 Å². The fraction of sp³-hybridized carbons (Fsp3) is 0.214. The normalized spacial score (nSPS) is 18.3. The van der Waals surface area contributed by atoms with Crippen LogP contribution in [0.1, 0.15) is 17.5 Å². The molecule has 0 saturated heterocycles. The summed E-state index contributed by atoms with van der Waals surface area (Å²) in [4.78, 5) is 1.39. The Morgan fingerprint density at radius 1 is 1.19 bits per heavy atom. The summed E-state index contributed by atoms with van der Waals surface area (Å²) in [5, 5.41) is 8.92. The maximum absolute atomic E-state index is 8.92. The van der Waals surface area contributed by atoms with E-state index >= 15 is 0 Å². The molecular weight excluding hydrogens is 214 g/mol. The molecule has 1 nitrogen and oxygen atoms in total. The molecule has 0 N–H and O–H groups in total. The highest BCUT2D eigenvalue weighted by molar-refractivity contribution is 8.08.